The summed E-state index contributed by atoms with van der Waals surface area (Å²) < 4.78 is 0. The molecule has 2 aliphatic rings. The first-order chi connectivity index (χ1) is 8.04. The quantitative estimate of drug-likeness (QED) is 0.792. The van der Waals surface area contributed by atoms with Crippen molar-refractivity contribution in [2.75, 3.05) is 20.1 Å². The smallest absolute Gasteiger partial charge is 0.0274 e. The van der Waals surface area contributed by atoms with Crippen molar-refractivity contribution in [2.45, 2.75) is 65.0 Å². The van der Waals surface area contributed by atoms with E-state index in [4.69, 9.17) is 0 Å². The van der Waals surface area contributed by atoms with Crippen LogP contribution in [0.1, 0.15) is 52.9 Å². The van der Waals surface area contributed by atoms with E-state index in [9.17, 15) is 0 Å². The maximum Gasteiger partial charge on any atom is 0.0274 e. The van der Waals surface area contributed by atoms with Crippen LogP contribution in [-0.4, -0.2) is 37.1 Å². The molecule has 1 N–H and O–H groups in total. The van der Waals surface area contributed by atoms with Crippen LogP contribution in [-0.2, 0) is 0 Å². The van der Waals surface area contributed by atoms with Crippen LogP contribution < -0.4 is 5.32 Å². The highest BCUT2D eigenvalue weighted by molar-refractivity contribution is 5.00. The van der Waals surface area contributed by atoms with E-state index in [2.05, 4.69) is 38.0 Å². The second-order valence-electron chi connectivity index (χ2n) is 6.87. The van der Waals surface area contributed by atoms with Gasteiger partial charge in [0.05, 0.1) is 0 Å². The van der Waals surface area contributed by atoms with E-state index in [1.54, 1.807) is 0 Å². The predicted octanol–water partition coefficient (Wildman–Crippen LogP) is 2.89. The number of rotatable bonds is 5. The standard InChI is InChI=1S/C15H30N2/c1-5-16-14-13(9-10-15(14,2)3)17(4)11-12-7-6-8-12/h12-14,16H,5-11H2,1-4H3. The number of nitrogens with one attached hydrogen (secondary N) is 1. The molecule has 2 rings (SSSR count). The van der Waals surface area contributed by atoms with Crippen LogP contribution in [0.5, 0.6) is 0 Å². The van der Waals surface area contributed by atoms with Gasteiger partial charge in [-0.2, -0.15) is 0 Å². The summed E-state index contributed by atoms with van der Waals surface area (Å²) in [5, 5.41) is 3.73. The Hall–Kier alpha value is -0.0800. The maximum absolute atomic E-state index is 3.73. The molecule has 0 amide bonds. The van der Waals surface area contributed by atoms with Gasteiger partial charge in [-0.3, -0.25) is 0 Å². The van der Waals surface area contributed by atoms with Gasteiger partial charge in [-0.05, 0) is 50.6 Å². The molecule has 0 spiro atoms. The molecule has 0 radical (unpaired) electrons. The van der Waals surface area contributed by atoms with Crippen molar-refractivity contribution in [1.29, 1.82) is 0 Å². The van der Waals surface area contributed by atoms with E-state index in [0.717, 1.165) is 18.5 Å². The van der Waals surface area contributed by atoms with Crippen LogP contribution in [0.15, 0.2) is 0 Å². The lowest BCUT2D eigenvalue weighted by atomic mass is 9.84. The molecule has 2 fully saturated rings. The van der Waals surface area contributed by atoms with Crippen LogP contribution in [0.4, 0.5) is 0 Å². The van der Waals surface area contributed by atoms with Crippen molar-refractivity contribution in [2.24, 2.45) is 11.3 Å². The van der Waals surface area contributed by atoms with Gasteiger partial charge in [0.2, 0.25) is 0 Å². The molecule has 2 saturated carbocycles. The van der Waals surface area contributed by atoms with E-state index in [-0.39, 0.29) is 0 Å². The fourth-order valence-corrected chi connectivity index (χ4v) is 3.69. The van der Waals surface area contributed by atoms with Gasteiger partial charge in [0, 0.05) is 18.6 Å². The van der Waals surface area contributed by atoms with E-state index in [1.165, 1.54) is 38.6 Å². The predicted molar refractivity (Wildman–Crippen MR) is 74.2 cm³/mol. The molecule has 17 heavy (non-hydrogen) atoms. The highest BCUT2D eigenvalue weighted by Gasteiger charge is 2.43. The van der Waals surface area contributed by atoms with Crippen molar-refractivity contribution in [3.63, 3.8) is 0 Å². The second-order valence-corrected chi connectivity index (χ2v) is 6.87. The molecule has 0 saturated heterocycles. The summed E-state index contributed by atoms with van der Waals surface area (Å²) in [4.78, 5) is 2.64. The zero-order valence-corrected chi connectivity index (χ0v) is 12.1. The molecule has 0 aromatic heterocycles. The first-order valence-electron chi connectivity index (χ1n) is 7.48. The summed E-state index contributed by atoms with van der Waals surface area (Å²) in [7, 11) is 2.34. The molecular weight excluding hydrogens is 208 g/mol. The van der Waals surface area contributed by atoms with Crippen molar-refractivity contribution < 1.29 is 0 Å². The van der Waals surface area contributed by atoms with E-state index >= 15 is 0 Å². The maximum atomic E-state index is 3.73. The van der Waals surface area contributed by atoms with Gasteiger partial charge in [-0.15, -0.1) is 0 Å². The van der Waals surface area contributed by atoms with E-state index < -0.39 is 0 Å². The van der Waals surface area contributed by atoms with Crippen LogP contribution in [0.25, 0.3) is 0 Å². The first-order valence-corrected chi connectivity index (χ1v) is 7.48. The van der Waals surface area contributed by atoms with Crippen LogP contribution >= 0.6 is 0 Å². The monoisotopic (exact) mass is 238 g/mol. The Labute approximate surface area is 107 Å². The third-order valence-corrected chi connectivity index (χ3v) is 5.07. The van der Waals surface area contributed by atoms with Gasteiger partial charge < -0.3 is 10.2 Å². The average Bonchev–Trinajstić information content (AvgIpc) is 2.50. The fraction of sp³-hybridized carbons (Fsp3) is 1.00. The molecular formula is C15H30N2. The van der Waals surface area contributed by atoms with Crippen LogP contribution in [0.2, 0.25) is 0 Å². The number of hydrogen-bond donors (Lipinski definition) is 1. The summed E-state index contributed by atoms with van der Waals surface area (Å²) in [6.45, 7) is 9.51. The molecule has 0 aromatic carbocycles. The lowest BCUT2D eigenvalue weighted by Crippen LogP contribution is -2.51. The summed E-state index contributed by atoms with van der Waals surface area (Å²) in [5.41, 5.74) is 0.467. The third-order valence-electron chi connectivity index (χ3n) is 5.07. The van der Waals surface area contributed by atoms with Gasteiger partial charge in [0.25, 0.3) is 0 Å². The molecule has 100 valence electrons. The molecule has 2 heteroatoms. The van der Waals surface area contributed by atoms with E-state index in [0.29, 0.717) is 11.5 Å². The van der Waals surface area contributed by atoms with Gasteiger partial charge in [-0.25, -0.2) is 0 Å². The fourth-order valence-electron chi connectivity index (χ4n) is 3.69. The summed E-state index contributed by atoms with van der Waals surface area (Å²) >= 11 is 0. The zero-order valence-electron chi connectivity index (χ0n) is 12.1. The zero-order chi connectivity index (χ0) is 12.5. The Morgan fingerprint density at radius 3 is 2.47 bits per heavy atom. The number of likely N-dealkylation sites (N-methyl/N-ethyl adjacent to an activating group) is 2. The van der Waals surface area contributed by atoms with Crippen molar-refractivity contribution in [3.8, 4) is 0 Å². The largest absolute Gasteiger partial charge is 0.312 e. The molecule has 2 atom stereocenters. The molecule has 0 bridgehead atoms. The SMILES string of the molecule is CCNC1C(N(C)CC2CCC2)CCC1(C)C. The third kappa shape index (κ3) is 2.85. The average molecular weight is 238 g/mol. The lowest BCUT2D eigenvalue weighted by Gasteiger charge is -2.39. The summed E-state index contributed by atoms with van der Waals surface area (Å²) in [6.07, 6.45) is 7.13. The Bertz CT molecular complexity index is 245. The minimum absolute atomic E-state index is 0.467. The minimum Gasteiger partial charge on any atom is -0.312 e. The molecule has 2 nitrogen and oxygen atoms in total. The van der Waals surface area contributed by atoms with Crippen molar-refractivity contribution in [1.82, 2.24) is 10.2 Å². The van der Waals surface area contributed by atoms with Gasteiger partial charge in [0.15, 0.2) is 0 Å². The van der Waals surface area contributed by atoms with Gasteiger partial charge in [0.1, 0.15) is 0 Å². The molecule has 0 heterocycles. The molecule has 2 aliphatic carbocycles. The highest BCUT2D eigenvalue weighted by atomic mass is 15.2. The first kappa shape index (κ1) is 13.4. The Kier molecular flexibility index (Phi) is 4.14. The Morgan fingerprint density at radius 2 is 1.94 bits per heavy atom. The van der Waals surface area contributed by atoms with E-state index in [1.807, 2.05) is 0 Å². The van der Waals surface area contributed by atoms with Crippen molar-refractivity contribution in [3.05, 3.63) is 0 Å². The highest BCUT2D eigenvalue weighted by Crippen LogP contribution is 2.40. The summed E-state index contributed by atoms with van der Waals surface area (Å²) in [6, 6.07) is 1.43. The van der Waals surface area contributed by atoms with Gasteiger partial charge >= 0.3 is 0 Å². The summed E-state index contributed by atoms with van der Waals surface area (Å²) in [5.74, 6) is 0.992. The molecule has 2 unspecified atom stereocenters. The second kappa shape index (κ2) is 5.27. The minimum atomic E-state index is 0.467. The number of nitrogens with zero attached hydrogens (tertiary/aromatic N) is 1. The normalized spacial score (nSPS) is 33.0. The Balaban J connectivity index is 1.93. The molecule has 0 aliphatic heterocycles. The van der Waals surface area contributed by atoms with Crippen LogP contribution in [0.3, 0.4) is 0 Å². The van der Waals surface area contributed by atoms with Crippen LogP contribution in [0, 0.1) is 11.3 Å². The van der Waals surface area contributed by atoms with Gasteiger partial charge in [-0.1, -0.05) is 27.2 Å². The Morgan fingerprint density at radius 1 is 1.24 bits per heavy atom. The molecule has 0 aromatic rings. The topological polar surface area (TPSA) is 15.3 Å². The van der Waals surface area contributed by atoms with Crippen molar-refractivity contribution >= 4 is 0 Å². The number of hydrogen-bond acceptors (Lipinski definition) is 2. The lowest BCUT2D eigenvalue weighted by molar-refractivity contribution is 0.129.